The van der Waals surface area contributed by atoms with Crippen molar-refractivity contribution in [2.45, 2.75) is 19.8 Å². The smallest absolute Gasteiger partial charge is 0.252 e. The standard InChI is InChI=1S/C12H11Br2ClN2O/c1-2-3-4-18-12-11(15)16-9-5-7(13)8(14)6-10(9)17-12/h5-6H,2-4H2,1H3. The van der Waals surface area contributed by atoms with Gasteiger partial charge in [0.05, 0.1) is 17.6 Å². The summed E-state index contributed by atoms with van der Waals surface area (Å²) in [5, 5.41) is 0.299. The van der Waals surface area contributed by atoms with Gasteiger partial charge in [0.25, 0.3) is 5.88 Å². The van der Waals surface area contributed by atoms with Gasteiger partial charge in [-0.15, -0.1) is 0 Å². The van der Waals surface area contributed by atoms with Crippen LogP contribution in [0.1, 0.15) is 19.8 Å². The highest BCUT2D eigenvalue weighted by atomic mass is 79.9. The Labute approximate surface area is 127 Å². The first-order valence-electron chi connectivity index (χ1n) is 5.57. The fourth-order valence-corrected chi connectivity index (χ4v) is 2.27. The molecule has 0 unspecified atom stereocenters. The largest absolute Gasteiger partial charge is 0.475 e. The number of unbranched alkanes of at least 4 members (excludes halogenated alkanes) is 1. The van der Waals surface area contributed by atoms with Gasteiger partial charge in [-0.1, -0.05) is 24.9 Å². The van der Waals surface area contributed by atoms with Gasteiger partial charge in [-0.05, 0) is 50.4 Å². The topological polar surface area (TPSA) is 35.0 Å². The van der Waals surface area contributed by atoms with Gasteiger partial charge < -0.3 is 4.74 Å². The summed E-state index contributed by atoms with van der Waals surface area (Å²) in [4.78, 5) is 8.66. The van der Waals surface area contributed by atoms with E-state index in [1.165, 1.54) is 0 Å². The Morgan fingerprint density at radius 2 is 1.78 bits per heavy atom. The second-order valence-corrected chi connectivity index (χ2v) is 5.84. The fourth-order valence-electron chi connectivity index (χ4n) is 1.42. The van der Waals surface area contributed by atoms with Crippen LogP contribution in [0.4, 0.5) is 0 Å². The number of ether oxygens (including phenoxy) is 1. The zero-order valence-corrected chi connectivity index (χ0v) is 13.6. The molecule has 0 bridgehead atoms. The summed E-state index contributed by atoms with van der Waals surface area (Å²) in [6.45, 7) is 2.71. The third kappa shape index (κ3) is 3.13. The molecule has 6 heteroatoms. The third-order valence-electron chi connectivity index (χ3n) is 2.37. The first kappa shape index (κ1) is 14.0. The number of fused-ring (bicyclic) bond motifs is 1. The lowest BCUT2D eigenvalue weighted by Gasteiger charge is -2.07. The molecule has 0 aliphatic heterocycles. The number of rotatable bonds is 4. The number of benzene rings is 1. The second-order valence-electron chi connectivity index (χ2n) is 3.78. The molecule has 0 aliphatic rings. The number of hydrogen-bond donors (Lipinski definition) is 0. The van der Waals surface area contributed by atoms with Crippen LogP contribution in [0.25, 0.3) is 11.0 Å². The summed E-state index contributed by atoms with van der Waals surface area (Å²) in [7, 11) is 0. The molecule has 0 spiro atoms. The quantitative estimate of drug-likeness (QED) is 0.686. The van der Waals surface area contributed by atoms with Crippen LogP contribution in [-0.4, -0.2) is 16.6 Å². The van der Waals surface area contributed by atoms with Crippen molar-refractivity contribution in [3.8, 4) is 5.88 Å². The predicted octanol–water partition coefficient (Wildman–Crippen LogP) is 4.99. The van der Waals surface area contributed by atoms with Gasteiger partial charge in [0.15, 0.2) is 5.15 Å². The van der Waals surface area contributed by atoms with E-state index in [0.29, 0.717) is 17.6 Å². The van der Waals surface area contributed by atoms with Crippen molar-refractivity contribution in [3.05, 3.63) is 26.2 Å². The molecule has 96 valence electrons. The minimum Gasteiger partial charge on any atom is -0.475 e. The Bertz CT molecular complexity index is 577. The molecular weight excluding hydrogens is 383 g/mol. The Morgan fingerprint density at radius 3 is 2.39 bits per heavy atom. The highest BCUT2D eigenvalue weighted by Crippen LogP contribution is 2.30. The Balaban J connectivity index is 2.38. The lowest BCUT2D eigenvalue weighted by molar-refractivity contribution is 0.298. The molecule has 0 atom stereocenters. The molecule has 1 heterocycles. The first-order valence-corrected chi connectivity index (χ1v) is 7.53. The minimum atomic E-state index is 0.299. The van der Waals surface area contributed by atoms with Crippen molar-refractivity contribution >= 4 is 54.5 Å². The van der Waals surface area contributed by atoms with E-state index in [-0.39, 0.29) is 0 Å². The fraction of sp³-hybridized carbons (Fsp3) is 0.333. The Morgan fingerprint density at radius 1 is 1.17 bits per heavy atom. The maximum atomic E-state index is 6.05. The SMILES string of the molecule is CCCCOc1nc2cc(Br)c(Br)cc2nc1Cl. The number of hydrogen-bond acceptors (Lipinski definition) is 3. The zero-order chi connectivity index (χ0) is 13.1. The van der Waals surface area contributed by atoms with Gasteiger partial charge >= 0.3 is 0 Å². The second kappa shape index (κ2) is 6.17. The average Bonchev–Trinajstić information content (AvgIpc) is 2.33. The lowest BCUT2D eigenvalue weighted by Crippen LogP contribution is -2.00. The molecule has 0 aliphatic carbocycles. The maximum absolute atomic E-state index is 6.05. The molecule has 2 aromatic rings. The molecule has 0 fully saturated rings. The Hall–Kier alpha value is -0.390. The van der Waals surface area contributed by atoms with Gasteiger partial charge in [-0.25, -0.2) is 9.97 Å². The van der Waals surface area contributed by atoms with Crippen LogP contribution in [0.5, 0.6) is 5.88 Å². The van der Waals surface area contributed by atoms with Gasteiger partial charge in [-0.2, -0.15) is 0 Å². The average molecular weight is 394 g/mol. The van der Waals surface area contributed by atoms with Gasteiger partial charge in [0, 0.05) is 8.95 Å². The maximum Gasteiger partial charge on any atom is 0.252 e. The van der Waals surface area contributed by atoms with Crippen molar-refractivity contribution in [2.75, 3.05) is 6.61 Å². The monoisotopic (exact) mass is 392 g/mol. The molecule has 0 radical (unpaired) electrons. The predicted molar refractivity (Wildman–Crippen MR) is 80.4 cm³/mol. The minimum absolute atomic E-state index is 0.299. The molecule has 0 saturated heterocycles. The van der Waals surface area contributed by atoms with E-state index in [9.17, 15) is 0 Å². The summed E-state index contributed by atoms with van der Waals surface area (Å²) in [6, 6.07) is 3.75. The van der Waals surface area contributed by atoms with Crippen molar-refractivity contribution < 1.29 is 4.74 Å². The molecule has 2 rings (SSSR count). The van der Waals surface area contributed by atoms with E-state index < -0.39 is 0 Å². The lowest BCUT2D eigenvalue weighted by atomic mass is 10.3. The van der Waals surface area contributed by atoms with E-state index in [1.807, 2.05) is 12.1 Å². The summed E-state index contributed by atoms with van der Waals surface area (Å²) in [5.74, 6) is 0.395. The van der Waals surface area contributed by atoms with Crippen LogP contribution >= 0.6 is 43.5 Å². The van der Waals surface area contributed by atoms with Gasteiger partial charge in [-0.3, -0.25) is 0 Å². The Kier molecular flexibility index (Phi) is 4.81. The van der Waals surface area contributed by atoms with E-state index >= 15 is 0 Å². The van der Waals surface area contributed by atoms with Gasteiger partial charge in [0.1, 0.15) is 0 Å². The van der Waals surface area contributed by atoms with Gasteiger partial charge in [0.2, 0.25) is 0 Å². The van der Waals surface area contributed by atoms with Crippen LogP contribution in [0.15, 0.2) is 21.1 Å². The highest BCUT2D eigenvalue weighted by Gasteiger charge is 2.10. The zero-order valence-electron chi connectivity index (χ0n) is 9.71. The van der Waals surface area contributed by atoms with Crippen LogP contribution < -0.4 is 4.74 Å². The van der Waals surface area contributed by atoms with E-state index in [0.717, 1.165) is 32.8 Å². The molecule has 0 N–H and O–H groups in total. The van der Waals surface area contributed by atoms with E-state index in [4.69, 9.17) is 16.3 Å². The van der Waals surface area contributed by atoms with Crippen LogP contribution in [0.3, 0.4) is 0 Å². The van der Waals surface area contributed by atoms with Crippen LogP contribution in [0, 0.1) is 0 Å². The molecule has 0 saturated carbocycles. The molecule has 0 amide bonds. The summed E-state index contributed by atoms with van der Waals surface area (Å²) in [5.41, 5.74) is 1.49. The summed E-state index contributed by atoms with van der Waals surface area (Å²) < 4.78 is 7.36. The summed E-state index contributed by atoms with van der Waals surface area (Å²) >= 11 is 12.9. The molecule has 3 nitrogen and oxygen atoms in total. The molecule has 18 heavy (non-hydrogen) atoms. The molecular formula is C12H11Br2ClN2O. The highest BCUT2D eigenvalue weighted by molar-refractivity contribution is 9.13. The normalized spacial score (nSPS) is 10.9. The first-order chi connectivity index (χ1) is 8.61. The van der Waals surface area contributed by atoms with E-state index in [2.05, 4.69) is 48.8 Å². The number of nitrogens with zero attached hydrogens (tertiary/aromatic N) is 2. The van der Waals surface area contributed by atoms with Crippen molar-refractivity contribution in [3.63, 3.8) is 0 Å². The van der Waals surface area contributed by atoms with Crippen LogP contribution in [-0.2, 0) is 0 Å². The van der Waals surface area contributed by atoms with Crippen molar-refractivity contribution in [1.29, 1.82) is 0 Å². The van der Waals surface area contributed by atoms with E-state index in [1.54, 1.807) is 0 Å². The summed E-state index contributed by atoms with van der Waals surface area (Å²) in [6.07, 6.45) is 2.04. The third-order valence-corrected chi connectivity index (χ3v) is 4.46. The molecule has 1 aromatic carbocycles. The van der Waals surface area contributed by atoms with Crippen molar-refractivity contribution in [1.82, 2.24) is 9.97 Å². The van der Waals surface area contributed by atoms with Crippen LogP contribution in [0.2, 0.25) is 5.15 Å². The number of halogens is 3. The molecule has 1 aromatic heterocycles. The van der Waals surface area contributed by atoms with Crippen molar-refractivity contribution in [2.24, 2.45) is 0 Å². The number of aromatic nitrogens is 2.